The molecule has 2 aliphatic heterocycles. The van der Waals surface area contributed by atoms with Crippen LogP contribution in [0.2, 0.25) is 0 Å². The van der Waals surface area contributed by atoms with Crippen LogP contribution in [0.3, 0.4) is 0 Å². The second-order valence-corrected chi connectivity index (χ2v) is 4.87. The molecule has 1 aromatic carbocycles. The number of nitrogens with one attached hydrogen (secondary N) is 1. The predicted molar refractivity (Wildman–Crippen MR) is 69.6 cm³/mol. The summed E-state index contributed by atoms with van der Waals surface area (Å²) >= 11 is 0. The maximum absolute atomic E-state index is 5.36. The maximum Gasteiger partial charge on any atom is 0.0594 e. The van der Waals surface area contributed by atoms with E-state index in [1.807, 2.05) is 0 Å². The van der Waals surface area contributed by atoms with Crippen LogP contribution in [0.15, 0.2) is 18.2 Å². The Hall–Kier alpha value is -1.06. The van der Waals surface area contributed by atoms with Crippen molar-refractivity contribution in [1.29, 1.82) is 0 Å². The Morgan fingerprint density at radius 1 is 1.24 bits per heavy atom. The summed E-state index contributed by atoms with van der Waals surface area (Å²) in [6.45, 7) is 6.24. The maximum atomic E-state index is 5.36. The second kappa shape index (κ2) is 5.07. The van der Waals surface area contributed by atoms with Crippen molar-refractivity contribution in [1.82, 2.24) is 4.90 Å². The highest BCUT2D eigenvalue weighted by molar-refractivity contribution is 5.56. The molecule has 0 radical (unpaired) electrons. The number of morpholine rings is 1. The first kappa shape index (κ1) is 11.1. The number of rotatable bonds is 3. The van der Waals surface area contributed by atoms with Gasteiger partial charge in [0.25, 0.3) is 0 Å². The van der Waals surface area contributed by atoms with E-state index in [2.05, 4.69) is 28.4 Å². The predicted octanol–water partition coefficient (Wildman–Crippen LogP) is 1.53. The molecule has 17 heavy (non-hydrogen) atoms. The molecule has 0 spiro atoms. The molecule has 1 aromatic rings. The Morgan fingerprint density at radius 2 is 2.12 bits per heavy atom. The molecule has 3 heteroatoms. The summed E-state index contributed by atoms with van der Waals surface area (Å²) in [6.07, 6.45) is 2.34. The van der Waals surface area contributed by atoms with Gasteiger partial charge in [-0.3, -0.25) is 4.90 Å². The molecule has 0 bridgehead atoms. The molecule has 1 fully saturated rings. The summed E-state index contributed by atoms with van der Waals surface area (Å²) in [4.78, 5) is 2.50. The molecule has 2 heterocycles. The molecule has 0 unspecified atom stereocenters. The lowest BCUT2D eigenvalue weighted by Crippen LogP contribution is -2.37. The SMILES string of the molecule is c1cc2c(cc1CCN1CCOCC1)CCN2. The van der Waals surface area contributed by atoms with E-state index in [-0.39, 0.29) is 0 Å². The molecular weight excluding hydrogens is 212 g/mol. The monoisotopic (exact) mass is 232 g/mol. The van der Waals surface area contributed by atoms with Gasteiger partial charge in [0.1, 0.15) is 0 Å². The number of ether oxygens (including phenoxy) is 1. The zero-order valence-electron chi connectivity index (χ0n) is 10.2. The van der Waals surface area contributed by atoms with Crippen molar-refractivity contribution in [2.24, 2.45) is 0 Å². The van der Waals surface area contributed by atoms with Crippen LogP contribution in [0.25, 0.3) is 0 Å². The zero-order valence-corrected chi connectivity index (χ0v) is 10.2. The normalized spacial score (nSPS) is 20.0. The molecule has 0 amide bonds. The van der Waals surface area contributed by atoms with E-state index in [4.69, 9.17) is 4.74 Å². The summed E-state index contributed by atoms with van der Waals surface area (Å²) in [5.41, 5.74) is 4.29. The molecule has 1 N–H and O–H groups in total. The fraction of sp³-hybridized carbons (Fsp3) is 0.571. The van der Waals surface area contributed by atoms with Crippen LogP contribution in [0.1, 0.15) is 11.1 Å². The summed E-state index contributed by atoms with van der Waals surface area (Å²) in [5, 5.41) is 3.41. The van der Waals surface area contributed by atoms with Gasteiger partial charge in [-0.15, -0.1) is 0 Å². The van der Waals surface area contributed by atoms with Gasteiger partial charge in [0.05, 0.1) is 13.2 Å². The number of anilines is 1. The minimum absolute atomic E-state index is 0.897. The van der Waals surface area contributed by atoms with Crippen molar-refractivity contribution in [2.45, 2.75) is 12.8 Å². The second-order valence-electron chi connectivity index (χ2n) is 4.87. The molecule has 3 rings (SSSR count). The number of fused-ring (bicyclic) bond motifs is 1. The van der Waals surface area contributed by atoms with Crippen molar-refractivity contribution in [3.8, 4) is 0 Å². The van der Waals surface area contributed by atoms with Gasteiger partial charge in [0, 0.05) is 31.9 Å². The Morgan fingerprint density at radius 3 is 3.00 bits per heavy atom. The number of nitrogens with zero attached hydrogens (tertiary/aromatic N) is 1. The van der Waals surface area contributed by atoms with Crippen LogP contribution in [-0.4, -0.2) is 44.3 Å². The fourth-order valence-corrected chi connectivity index (χ4v) is 2.63. The van der Waals surface area contributed by atoms with Gasteiger partial charge in [-0.2, -0.15) is 0 Å². The highest BCUT2D eigenvalue weighted by Crippen LogP contribution is 2.23. The van der Waals surface area contributed by atoms with E-state index in [0.717, 1.165) is 45.8 Å². The quantitative estimate of drug-likeness (QED) is 0.855. The Balaban J connectivity index is 1.57. The van der Waals surface area contributed by atoms with Gasteiger partial charge in [-0.1, -0.05) is 12.1 Å². The highest BCUT2D eigenvalue weighted by Gasteiger charge is 2.12. The lowest BCUT2D eigenvalue weighted by Gasteiger charge is -2.26. The molecule has 0 saturated carbocycles. The molecule has 92 valence electrons. The molecule has 1 saturated heterocycles. The van der Waals surface area contributed by atoms with E-state index < -0.39 is 0 Å². The van der Waals surface area contributed by atoms with Crippen molar-refractivity contribution in [2.75, 3.05) is 44.7 Å². The lowest BCUT2D eigenvalue weighted by molar-refractivity contribution is 0.0384. The van der Waals surface area contributed by atoms with E-state index in [1.165, 1.54) is 23.2 Å². The number of hydrogen-bond donors (Lipinski definition) is 1. The third kappa shape index (κ3) is 2.61. The van der Waals surface area contributed by atoms with E-state index >= 15 is 0 Å². The van der Waals surface area contributed by atoms with Crippen LogP contribution in [0.5, 0.6) is 0 Å². The minimum atomic E-state index is 0.897. The van der Waals surface area contributed by atoms with Crippen LogP contribution in [-0.2, 0) is 17.6 Å². The van der Waals surface area contributed by atoms with Crippen LogP contribution in [0.4, 0.5) is 5.69 Å². The summed E-state index contributed by atoms with van der Waals surface area (Å²) in [5.74, 6) is 0. The third-order valence-electron chi connectivity index (χ3n) is 3.70. The van der Waals surface area contributed by atoms with E-state index in [1.54, 1.807) is 0 Å². The average molecular weight is 232 g/mol. The van der Waals surface area contributed by atoms with Crippen LogP contribution < -0.4 is 5.32 Å². The van der Waals surface area contributed by atoms with Crippen molar-refractivity contribution in [3.05, 3.63) is 29.3 Å². The molecular formula is C14H20N2O. The van der Waals surface area contributed by atoms with Crippen molar-refractivity contribution < 1.29 is 4.74 Å². The van der Waals surface area contributed by atoms with E-state index in [0.29, 0.717) is 0 Å². The summed E-state index contributed by atoms with van der Waals surface area (Å²) in [7, 11) is 0. The zero-order chi connectivity index (χ0) is 11.5. The largest absolute Gasteiger partial charge is 0.384 e. The van der Waals surface area contributed by atoms with Gasteiger partial charge >= 0.3 is 0 Å². The number of benzene rings is 1. The molecule has 2 aliphatic rings. The van der Waals surface area contributed by atoms with Crippen molar-refractivity contribution in [3.63, 3.8) is 0 Å². The lowest BCUT2D eigenvalue weighted by atomic mass is 10.1. The van der Waals surface area contributed by atoms with Crippen LogP contribution in [0, 0.1) is 0 Å². The van der Waals surface area contributed by atoms with Gasteiger partial charge in [0.2, 0.25) is 0 Å². The van der Waals surface area contributed by atoms with Crippen LogP contribution >= 0.6 is 0 Å². The standard InChI is InChI=1S/C14H20N2O/c1-2-14-13(3-5-15-14)11-12(1)4-6-16-7-9-17-10-8-16/h1-2,11,15H,3-10H2. The smallest absolute Gasteiger partial charge is 0.0594 e. The molecule has 0 aromatic heterocycles. The Bertz CT molecular complexity index is 386. The van der Waals surface area contributed by atoms with Gasteiger partial charge in [-0.25, -0.2) is 0 Å². The molecule has 0 atom stereocenters. The summed E-state index contributed by atoms with van der Waals surface area (Å²) < 4.78 is 5.36. The fourth-order valence-electron chi connectivity index (χ4n) is 2.63. The first-order valence-electron chi connectivity index (χ1n) is 6.57. The average Bonchev–Trinajstić information content (AvgIpc) is 2.85. The highest BCUT2D eigenvalue weighted by atomic mass is 16.5. The van der Waals surface area contributed by atoms with Gasteiger partial charge in [-0.05, 0) is 30.0 Å². The minimum Gasteiger partial charge on any atom is -0.384 e. The van der Waals surface area contributed by atoms with Gasteiger partial charge in [0.15, 0.2) is 0 Å². The molecule has 0 aliphatic carbocycles. The first-order valence-corrected chi connectivity index (χ1v) is 6.57. The van der Waals surface area contributed by atoms with Gasteiger partial charge < -0.3 is 10.1 Å². The molecule has 3 nitrogen and oxygen atoms in total. The topological polar surface area (TPSA) is 24.5 Å². The Labute approximate surface area is 103 Å². The number of hydrogen-bond acceptors (Lipinski definition) is 3. The van der Waals surface area contributed by atoms with Crippen molar-refractivity contribution >= 4 is 5.69 Å². The summed E-state index contributed by atoms with van der Waals surface area (Å²) in [6, 6.07) is 6.87. The third-order valence-corrected chi connectivity index (χ3v) is 3.70. The van der Waals surface area contributed by atoms with E-state index in [9.17, 15) is 0 Å². The first-order chi connectivity index (χ1) is 8.42. The Kier molecular flexibility index (Phi) is 3.29.